The zero-order valence-corrected chi connectivity index (χ0v) is 14.1. The summed E-state index contributed by atoms with van der Waals surface area (Å²) >= 11 is 0. The summed E-state index contributed by atoms with van der Waals surface area (Å²) < 4.78 is 6.86. The molecule has 4 rings (SSSR count). The van der Waals surface area contributed by atoms with Crippen LogP contribution in [0.1, 0.15) is 17.8 Å². The van der Waals surface area contributed by atoms with Crippen LogP contribution in [0.3, 0.4) is 0 Å². The molecule has 0 N–H and O–H groups in total. The molecular weight excluding hydrogens is 320 g/mol. The predicted octanol–water partition coefficient (Wildman–Crippen LogP) is 1.31. The molecule has 3 aromatic heterocycles. The zero-order chi connectivity index (χ0) is 17.2. The first-order chi connectivity index (χ1) is 12.2. The van der Waals surface area contributed by atoms with Gasteiger partial charge in [-0.25, -0.2) is 4.98 Å². The summed E-state index contributed by atoms with van der Waals surface area (Å²) in [4.78, 5) is 25.1. The molecule has 4 heterocycles. The lowest BCUT2D eigenvalue weighted by Crippen LogP contribution is -2.49. The van der Waals surface area contributed by atoms with Crippen LogP contribution in [0.2, 0.25) is 0 Å². The Kier molecular flexibility index (Phi) is 4.09. The monoisotopic (exact) mass is 340 g/mol. The summed E-state index contributed by atoms with van der Waals surface area (Å²) in [6.45, 7) is 4.80. The van der Waals surface area contributed by atoms with Gasteiger partial charge in [0.05, 0.1) is 24.9 Å². The van der Waals surface area contributed by atoms with Gasteiger partial charge in [0.15, 0.2) is 11.5 Å². The zero-order valence-electron chi connectivity index (χ0n) is 14.1. The van der Waals surface area contributed by atoms with E-state index in [1.807, 2.05) is 22.4 Å². The van der Waals surface area contributed by atoms with E-state index in [1.165, 1.54) is 0 Å². The number of piperazine rings is 1. The molecule has 0 bridgehead atoms. The second-order valence-corrected chi connectivity index (χ2v) is 6.19. The SMILES string of the molecule is Cc1nc2cncc(N3CCN(C(=O)CCc4ccoc4)CC3)n2n1. The standard InChI is InChI=1S/C17H20N6O2/c1-13-19-15-10-18-11-16(23(15)20-13)21-5-7-22(8-6-21)17(24)3-2-14-4-9-25-12-14/h4,9-12H,2-3,5-8H2,1H3. The van der Waals surface area contributed by atoms with E-state index < -0.39 is 0 Å². The first-order valence-corrected chi connectivity index (χ1v) is 8.42. The van der Waals surface area contributed by atoms with Crippen LogP contribution in [0, 0.1) is 6.92 Å². The Labute approximate surface area is 145 Å². The Balaban J connectivity index is 1.38. The smallest absolute Gasteiger partial charge is 0.223 e. The van der Waals surface area contributed by atoms with E-state index in [1.54, 1.807) is 24.9 Å². The number of rotatable bonds is 4. The molecule has 1 aliphatic heterocycles. The maximum absolute atomic E-state index is 12.4. The highest BCUT2D eigenvalue weighted by Gasteiger charge is 2.23. The van der Waals surface area contributed by atoms with Crippen molar-refractivity contribution in [1.29, 1.82) is 0 Å². The lowest BCUT2D eigenvalue weighted by Gasteiger charge is -2.35. The number of aromatic nitrogens is 4. The topological polar surface area (TPSA) is 79.8 Å². The van der Waals surface area contributed by atoms with Gasteiger partial charge in [-0.05, 0) is 25.0 Å². The molecular formula is C17H20N6O2. The third kappa shape index (κ3) is 3.19. The van der Waals surface area contributed by atoms with Gasteiger partial charge in [-0.2, -0.15) is 4.52 Å². The number of aryl methyl sites for hydroxylation is 2. The fourth-order valence-electron chi connectivity index (χ4n) is 3.15. The van der Waals surface area contributed by atoms with E-state index in [-0.39, 0.29) is 5.91 Å². The van der Waals surface area contributed by atoms with Crippen LogP contribution >= 0.6 is 0 Å². The van der Waals surface area contributed by atoms with Crippen molar-refractivity contribution < 1.29 is 9.21 Å². The molecule has 25 heavy (non-hydrogen) atoms. The molecule has 1 saturated heterocycles. The summed E-state index contributed by atoms with van der Waals surface area (Å²) in [5, 5.41) is 4.43. The molecule has 0 spiro atoms. The van der Waals surface area contributed by atoms with Crippen molar-refractivity contribution in [3.05, 3.63) is 42.4 Å². The molecule has 8 nitrogen and oxygen atoms in total. The first-order valence-electron chi connectivity index (χ1n) is 8.42. The van der Waals surface area contributed by atoms with Crippen molar-refractivity contribution in [3.63, 3.8) is 0 Å². The fraction of sp³-hybridized carbons (Fsp3) is 0.412. The number of furan rings is 1. The van der Waals surface area contributed by atoms with Crippen molar-refractivity contribution in [3.8, 4) is 0 Å². The molecule has 130 valence electrons. The van der Waals surface area contributed by atoms with Crippen molar-refractivity contribution in [2.75, 3.05) is 31.1 Å². The third-order valence-corrected chi connectivity index (χ3v) is 4.50. The Morgan fingerprint density at radius 2 is 2.08 bits per heavy atom. The van der Waals surface area contributed by atoms with E-state index in [2.05, 4.69) is 20.0 Å². The summed E-state index contributed by atoms with van der Waals surface area (Å²) in [7, 11) is 0. The van der Waals surface area contributed by atoms with Crippen LogP contribution in [0.25, 0.3) is 5.65 Å². The summed E-state index contributed by atoms with van der Waals surface area (Å²) in [6, 6.07) is 1.90. The maximum Gasteiger partial charge on any atom is 0.223 e. The van der Waals surface area contributed by atoms with E-state index in [0.717, 1.165) is 42.4 Å². The first kappa shape index (κ1) is 15.6. The van der Waals surface area contributed by atoms with Gasteiger partial charge in [-0.15, -0.1) is 5.10 Å². The van der Waals surface area contributed by atoms with Crippen LogP contribution < -0.4 is 4.90 Å². The minimum Gasteiger partial charge on any atom is -0.472 e. The number of carbonyl (C=O) groups excluding carboxylic acids is 1. The van der Waals surface area contributed by atoms with Gasteiger partial charge in [-0.1, -0.05) is 0 Å². The molecule has 0 radical (unpaired) electrons. The molecule has 8 heteroatoms. The Bertz CT molecular complexity index is 865. The molecule has 0 unspecified atom stereocenters. The minimum atomic E-state index is 0.189. The van der Waals surface area contributed by atoms with Crippen molar-refractivity contribution in [2.45, 2.75) is 19.8 Å². The normalized spacial score (nSPS) is 15.1. The minimum absolute atomic E-state index is 0.189. The Morgan fingerprint density at radius 3 is 2.84 bits per heavy atom. The van der Waals surface area contributed by atoms with Crippen molar-refractivity contribution in [2.24, 2.45) is 0 Å². The Hall–Kier alpha value is -2.90. The van der Waals surface area contributed by atoms with Gasteiger partial charge in [0.1, 0.15) is 5.82 Å². The van der Waals surface area contributed by atoms with Gasteiger partial charge < -0.3 is 14.2 Å². The molecule has 1 aliphatic rings. The number of fused-ring (bicyclic) bond motifs is 1. The quantitative estimate of drug-likeness (QED) is 0.712. The van der Waals surface area contributed by atoms with Gasteiger partial charge in [0.25, 0.3) is 0 Å². The number of nitrogens with zero attached hydrogens (tertiary/aromatic N) is 6. The van der Waals surface area contributed by atoms with E-state index in [4.69, 9.17) is 4.42 Å². The second-order valence-electron chi connectivity index (χ2n) is 6.19. The molecule has 0 aromatic carbocycles. The molecule has 0 aliphatic carbocycles. The highest BCUT2D eigenvalue weighted by Crippen LogP contribution is 2.17. The van der Waals surface area contributed by atoms with E-state index in [9.17, 15) is 4.79 Å². The second kappa shape index (κ2) is 6.54. The molecule has 0 saturated carbocycles. The third-order valence-electron chi connectivity index (χ3n) is 4.50. The van der Waals surface area contributed by atoms with Crippen LogP contribution in [-0.4, -0.2) is 56.6 Å². The number of carbonyl (C=O) groups is 1. The van der Waals surface area contributed by atoms with Gasteiger partial charge in [0.2, 0.25) is 5.91 Å². The molecule has 1 fully saturated rings. The van der Waals surface area contributed by atoms with Crippen LogP contribution in [0.5, 0.6) is 0 Å². The largest absolute Gasteiger partial charge is 0.472 e. The van der Waals surface area contributed by atoms with Gasteiger partial charge in [0, 0.05) is 32.6 Å². The fourth-order valence-corrected chi connectivity index (χ4v) is 3.15. The maximum atomic E-state index is 12.4. The molecule has 1 amide bonds. The molecule has 3 aromatic rings. The lowest BCUT2D eigenvalue weighted by molar-refractivity contribution is -0.131. The van der Waals surface area contributed by atoms with Gasteiger partial charge in [-0.3, -0.25) is 9.78 Å². The summed E-state index contributed by atoms with van der Waals surface area (Å²) in [5.41, 5.74) is 1.81. The van der Waals surface area contributed by atoms with E-state index >= 15 is 0 Å². The van der Waals surface area contributed by atoms with Crippen LogP contribution in [0.4, 0.5) is 5.82 Å². The highest BCUT2D eigenvalue weighted by atomic mass is 16.3. The number of hydrogen-bond donors (Lipinski definition) is 0. The van der Waals surface area contributed by atoms with Crippen LogP contribution in [-0.2, 0) is 11.2 Å². The number of anilines is 1. The van der Waals surface area contributed by atoms with Gasteiger partial charge >= 0.3 is 0 Å². The molecule has 0 atom stereocenters. The highest BCUT2D eigenvalue weighted by molar-refractivity contribution is 5.76. The summed E-state index contributed by atoms with van der Waals surface area (Å²) in [5.74, 6) is 1.83. The van der Waals surface area contributed by atoms with Crippen molar-refractivity contribution in [1.82, 2.24) is 24.5 Å². The van der Waals surface area contributed by atoms with E-state index in [0.29, 0.717) is 19.5 Å². The predicted molar refractivity (Wildman–Crippen MR) is 91.3 cm³/mol. The number of hydrogen-bond acceptors (Lipinski definition) is 6. The average molecular weight is 340 g/mol. The number of amides is 1. The van der Waals surface area contributed by atoms with Crippen LogP contribution in [0.15, 0.2) is 35.4 Å². The van der Waals surface area contributed by atoms with Crippen molar-refractivity contribution >= 4 is 17.4 Å². The summed E-state index contributed by atoms with van der Waals surface area (Å²) in [6.07, 6.45) is 8.07. The lowest BCUT2D eigenvalue weighted by atomic mass is 10.1. The Morgan fingerprint density at radius 1 is 1.24 bits per heavy atom. The average Bonchev–Trinajstić information content (AvgIpc) is 3.27.